The number of methoxy groups -OCH3 is 1. The molecule has 0 saturated carbocycles. The lowest BCUT2D eigenvalue weighted by Crippen LogP contribution is -2.50. The molecule has 3 heterocycles. The number of H-pyrrole nitrogens is 1. The summed E-state index contributed by atoms with van der Waals surface area (Å²) in [6.07, 6.45) is 3.42. The van der Waals surface area contributed by atoms with Gasteiger partial charge >= 0.3 is 6.09 Å². The Balaban J connectivity index is 1.53. The predicted molar refractivity (Wildman–Crippen MR) is 137 cm³/mol. The molecule has 0 radical (unpaired) electrons. The lowest BCUT2D eigenvalue weighted by Gasteiger charge is -2.27. The summed E-state index contributed by atoms with van der Waals surface area (Å²) in [5.74, 6) is 0.365. The average Bonchev–Trinajstić information content (AvgIpc) is 3.64. The predicted octanol–water partition coefficient (Wildman–Crippen LogP) is 2.21. The van der Waals surface area contributed by atoms with Crippen LogP contribution in [-0.4, -0.2) is 76.4 Å². The van der Waals surface area contributed by atoms with Crippen LogP contribution in [-0.2, 0) is 25.7 Å². The van der Waals surface area contributed by atoms with Crippen LogP contribution < -0.4 is 10.6 Å². The molecule has 2 aliphatic heterocycles. The van der Waals surface area contributed by atoms with Gasteiger partial charge in [-0.3, -0.25) is 14.4 Å². The first-order chi connectivity index (χ1) is 17.5. The van der Waals surface area contributed by atoms with E-state index in [9.17, 15) is 19.2 Å². The highest BCUT2D eigenvalue weighted by molar-refractivity contribution is 5.87. The lowest BCUT2D eigenvalue weighted by molar-refractivity contribution is -0.137. The maximum Gasteiger partial charge on any atom is 0.407 e. The van der Waals surface area contributed by atoms with E-state index in [0.717, 1.165) is 30.9 Å². The summed E-state index contributed by atoms with van der Waals surface area (Å²) in [5, 5.41) is 5.54. The fourth-order valence-corrected chi connectivity index (χ4v) is 4.89. The van der Waals surface area contributed by atoms with E-state index in [1.165, 1.54) is 7.11 Å². The molecule has 0 bridgehead atoms. The van der Waals surface area contributed by atoms with Gasteiger partial charge < -0.3 is 30.2 Å². The highest BCUT2D eigenvalue weighted by atomic mass is 16.5. The standard InChI is InChI=1S/C26H42N6O5/c1-15(2)17(5)24(34)32-10-7-8-20(32)22-27-12-19(29-22)13-28-23(33)18-9-11-31(14-18)25(35)21(16(3)4)30-26(36)37-6/h12,15-18,20-21H,7-11,13-14H2,1-6H3,(H,27,29)(H,28,33)(H,30,36)/t17-,18-,20-,21-/m0/s1. The Labute approximate surface area is 219 Å². The monoisotopic (exact) mass is 518 g/mol. The van der Waals surface area contributed by atoms with Gasteiger partial charge in [-0.15, -0.1) is 0 Å². The number of aromatic nitrogens is 2. The van der Waals surface area contributed by atoms with Gasteiger partial charge in [0.2, 0.25) is 17.7 Å². The first-order valence-corrected chi connectivity index (χ1v) is 13.3. The summed E-state index contributed by atoms with van der Waals surface area (Å²) >= 11 is 0. The Kier molecular flexibility index (Phi) is 9.56. The zero-order chi connectivity index (χ0) is 27.3. The van der Waals surface area contributed by atoms with E-state index >= 15 is 0 Å². The van der Waals surface area contributed by atoms with Crippen LogP contribution in [0.1, 0.15) is 71.4 Å². The van der Waals surface area contributed by atoms with Crippen molar-refractivity contribution in [1.29, 1.82) is 0 Å². The molecule has 4 amide bonds. The van der Waals surface area contributed by atoms with Crippen molar-refractivity contribution in [3.05, 3.63) is 17.7 Å². The third-order valence-corrected chi connectivity index (χ3v) is 7.60. The van der Waals surface area contributed by atoms with Gasteiger partial charge in [-0.1, -0.05) is 34.6 Å². The fourth-order valence-electron chi connectivity index (χ4n) is 4.89. The summed E-state index contributed by atoms with van der Waals surface area (Å²) in [4.78, 5) is 61.7. The number of carbonyl (C=O) groups excluding carboxylic acids is 4. The van der Waals surface area contributed by atoms with Crippen molar-refractivity contribution in [3.63, 3.8) is 0 Å². The summed E-state index contributed by atoms with van der Waals surface area (Å²) in [6, 6.07) is -0.775. The molecule has 11 nitrogen and oxygen atoms in total. The molecule has 2 aliphatic rings. The number of alkyl carbamates (subject to hydrolysis) is 1. The normalized spacial score (nSPS) is 21.3. The molecule has 0 aromatic carbocycles. The Morgan fingerprint density at radius 3 is 2.46 bits per heavy atom. The van der Waals surface area contributed by atoms with Crippen LogP contribution >= 0.6 is 0 Å². The minimum absolute atomic E-state index is 0.0424. The Morgan fingerprint density at radius 1 is 1.08 bits per heavy atom. The molecule has 37 heavy (non-hydrogen) atoms. The van der Waals surface area contributed by atoms with Gasteiger partial charge in [-0.25, -0.2) is 9.78 Å². The van der Waals surface area contributed by atoms with Gasteiger partial charge in [0.05, 0.1) is 37.5 Å². The van der Waals surface area contributed by atoms with Gasteiger partial charge in [0.15, 0.2) is 0 Å². The number of rotatable bonds is 9. The quantitative estimate of drug-likeness (QED) is 0.458. The molecule has 3 N–H and O–H groups in total. The molecule has 1 aromatic heterocycles. The average molecular weight is 519 g/mol. The number of hydrogen-bond acceptors (Lipinski definition) is 6. The largest absolute Gasteiger partial charge is 0.453 e. The molecule has 0 unspecified atom stereocenters. The van der Waals surface area contributed by atoms with Gasteiger partial charge in [-0.05, 0) is 31.1 Å². The second-order valence-corrected chi connectivity index (χ2v) is 10.9. The number of imidazole rings is 1. The lowest BCUT2D eigenvalue weighted by atomic mass is 9.96. The zero-order valence-corrected chi connectivity index (χ0v) is 22.9. The molecule has 206 valence electrons. The second-order valence-electron chi connectivity index (χ2n) is 10.9. The molecular weight excluding hydrogens is 476 g/mol. The van der Waals surface area contributed by atoms with Crippen LogP contribution in [0.15, 0.2) is 6.20 Å². The number of nitrogens with zero attached hydrogens (tertiary/aromatic N) is 3. The number of hydrogen-bond donors (Lipinski definition) is 3. The molecule has 2 fully saturated rings. The molecule has 4 atom stereocenters. The zero-order valence-electron chi connectivity index (χ0n) is 22.9. The van der Waals surface area contributed by atoms with Crippen molar-refractivity contribution in [2.45, 2.75) is 72.5 Å². The topological polar surface area (TPSA) is 137 Å². The van der Waals surface area contributed by atoms with Crippen molar-refractivity contribution in [3.8, 4) is 0 Å². The van der Waals surface area contributed by atoms with E-state index in [4.69, 9.17) is 0 Å². The van der Waals surface area contributed by atoms with Gasteiger partial charge in [0, 0.05) is 25.6 Å². The smallest absolute Gasteiger partial charge is 0.407 e. The molecule has 3 rings (SSSR count). The van der Waals surface area contributed by atoms with Crippen molar-refractivity contribution < 1.29 is 23.9 Å². The molecule has 2 saturated heterocycles. The summed E-state index contributed by atoms with van der Waals surface area (Å²) in [7, 11) is 1.26. The van der Waals surface area contributed by atoms with Gasteiger partial charge in [0.25, 0.3) is 0 Å². The minimum Gasteiger partial charge on any atom is -0.453 e. The number of ether oxygens (including phenoxy) is 1. The maximum atomic E-state index is 13.0. The first kappa shape index (κ1) is 28.5. The SMILES string of the molecule is COC(=O)N[C@H](C(=O)N1CC[C@H](C(=O)NCc2cnc([C@@H]3CCCN3C(=O)[C@@H](C)C(C)C)[nH]2)C1)C(C)C. The van der Waals surface area contributed by atoms with E-state index in [2.05, 4.69) is 39.2 Å². The number of amides is 4. The fraction of sp³-hybridized carbons (Fsp3) is 0.731. The Morgan fingerprint density at radius 2 is 1.81 bits per heavy atom. The van der Waals surface area contributed by atoms with Crippen LogP contribution in [0.25, 0.3) is 0 Å². The van der Waals surface area contributed by atoms with Crippen molar-refractivity contribution in [2.24, 2.45) is 23.7 Å². The minimum atomic E-state index is -0.705. The number of nitrogens with one attached hydrogen (secondary N) is 3. The molecule has 0 aliphatic carbocycles. The highest BCUT2D eigenvalue weighted by Crippen LogP contribution is 2.32. The first-order valence-electron chi connectivity index (χ1n) is 13.3. The molecular formula is C26H42N6O5. The van der Waals surface area contributed by atoms with Crippen LogP contribution in [0.2, 0.25) is 0 Å². The highest BCUT2D eigenvalue weighted by Gasteiger charge is 2.37. The second kappa shape index (κ2) is 12.4. The van der Waals surface area contributed by atoms with Gasteiger partial charge in [-0.2, -0.15) is 0 Å². The van der Waals surface area contributed by atoms with Crippen molar-refractivity contribution >= 4 is 23.8 Å². The van der Waals surface area contributed by atoms with Crippen molar-refractivity contribution in [2.75, 3.05) is 26.7 Å². The number of aromatic amines is 1. The molecule has 0 spiro atoms. The third-order valence-electron chi connectivity index (χ3n) is 7.60. The van der Waals surface area contributed by atoms with E-state index in [1.807, 2.05) is 25.7 Å². The number of carbonyl (C=O) groups is 4. The summed E-state index contributed by atoms with van der Waals surface area (Å²) in [6.45, 7) is 11.6. The Bertz CT molecular complexity index is 976. The van der Waals surface area contributed by atoms with Crippen LogP contribution in [0.3, 0.4) is 0 Å². The van der Waals surface area contributed by atoms with Crippen molar-refractivity contribution in [1.82, 2.24) is 30.4 Å². The van der Waals surface area contributed by atoms with Crippen LogP contribution in [0.4, 0.5) is 4.79 Å². The summed E-state index contributed by atoms with van der Waals surface area (Å²) in [5.41, 5.74) is 0.771. The Hall–Kier alpha value is -3.11. The third kappa shape index (κ3) is 6.81. The van der Waals surface area contributed by atoms with E-state index in [-0.39, 0.29) is 54.0 Å². The molecule has 1 aromatic rings. The van der Waals surface area contributed by atoms with Gasteiger partial charge in [0.1, 0.15) is 11.9 Å². The van der Waals surface area contributed by atoms with E-state index < -0.39 is 12.1 Å². The van der Waals surface area contributed by atoms with E-state index in [0.29, 0.717) is 19.5 Å². The van der Waals surface area contributed by atoms with Crippen LogP contribution in [0.5, 0.6) is 0 Å². The summed E-state index contributed by atoms with van der Waals surface area (Å²) < 4.78 is 4.64. The van der Waals surface area contributed by atoms with E-state index in [1.54, 1.807) is 11.1 Å². The molecule has 11 heteroatoms. The number of likely N-dealkylation sites (tertiary alicyclic amines) is 2. The maximum absolute atomic E-state index is 13.0. The van der Waals surface area contributed by atoms with Crippen LogP contribution in [0, 0.1) is 23.7 Å².